The normalized spacial score (nSPS) is 17.7. The number of nitrogens with zero attached hydrogens (tertiary/aromatic N) is 2. The summed E-state index contributed by atoms with van der Waals surface area (Å²) in [5.74, 6) is 1.02. The second-order valence-corrected chi connectivity index (χ2v) is 7.97. The molecule has 2 rings (SSSR count). The highest BCUT2D eigenvalue weighted by Crippen LogP contribution is 2.52. The van der Waals surface area contributed by atoms with Crippen LogP contribution in [0.2, 0.25) is 0 Å². The fourth-order valence-electron chi connectivity index (χ4n) is 1.66. The van der Waals surface area contributed by atoms with Crippen molar-refractivity contribution < 1.29 is 9.90 Å². The van der Waals surface area contributed by atoms with Gasteiger partial charge in [-0.25, -0.2) is 4.98 Å². The predicted octanol–water partition coefficient (Wildman–Crippen LogP) is 3.18. The van der Waals surface area contributed by atoms with E-state index in [0.29, 0.717) is 0 Å². The largest absolute Gasteiger partial charge is 0.481 e. The fourth-order valence-corrected chi connectivity index (χ4v) is 3.73. The molecule has 0 amide bonds. The molecule has 1 heterocycles. The Labute approximate surface area is 115 Å². The molecule has 1 saturated carbocycles. The molecule has 6 heteroatoms. The van der Waals surface area contributed by atoms with Crippen molar-refractivity contribution in [2.75, 3.05) is 5.75 Å². The van der Waals surface area contributed by atoms with Gasteiger partial charge in [-0.1, -0.05) is 32.5 Å². The Morgan fingerprint density at radius 1 is 1.50 bits per heavy atom. The third kappa shape index (κ3) is 3.45. The zero-order chi connectivity index (χ0) is 13.4. The van der Waals surface area contributed by atoms with Gasteiger partial charge in [0.05, 0.1) is 6.42 Å². The zero-order valence-corrected chi connectivity index (χ0v) is 12.5. The van der Waals surface area contributed by atoms with Gasteiger partial charge in [0.1, 0.15) is 5.82 Å². The minimum atomic E-state index is -0.694. The van der Waals surface area contributed by atoms with Crippen molar-refractivity contribution in [2.24, 2.45) is 5.41 Å². The van der Waals surface area contributed by atoms with Gasteiger partial charge in [-0.2, -0.15) is 4.37 Å². The van der Waals surface area contributed by atoms with Gasteiger partial charge in [0.2, 0.25) is 0 Å². The van der Waals surface area contributed by atoms with Crippen LogP contribution < -0.4 is 0 Å². The zero-order valence-electron chi connectivity index (χ0n) is 10.9. The number of carbonyl (C=O) groups is 1. The van der Waals surface area contributed by atoms with Crippen LogP contribution in [0.3, 0.4) is 0 Å². The van der Waals surface area contributed by atoms with Crippen molar-refractivity contribution in [3.05, 3.63) is 5.82 Å². The van der Waals surface area contributed by atoms with E-state index in [1.165, 1.54) is 11.5 Å². The third-order valence-electron chi connectivity index (χ3n) is 3.06. The van der Waals surface area contributed by atoms with Crippen LogP contribution in [-0.2, 0) is 10.2 Å². The minimum Gasteiger partial charge on any atom is -0.481 e. The summed E-state index contributed by atoms with van der Waals surface area (Å²) in [6.07, 6.45) is 2.33. The van der Waals surface area contributed by atoms with E-state index >= 15 is 0 Å². The molecule has 1 aromatic heterocycles. The van der Waals surface area contributed by atoms with Gasteiger partial charge in [0.15, 0.2) is 4.34 Å². The van der Waals surface area contributed by atoms with Gasteiger partial charge in [-0.3, -0.25) is 4.79 Å². The van der Waals surface area contributed by atoms with Crippen LogP contribution in [0.5, 0.6) is 0 Å². The fraction of sp³-hybridized carbons (Fsp3) is 0.750. The summed E-state index contributed by atoms with van der Waals surface area (Å²) < 4.78 is 5.32. The molecular formula is C12H18N2O2S2. The van der Waals surface area contributed by atoms with Gasteiger partial charge in [-0.15, -0.1) is 0 Å². The lowest BCUT2D eigenvalue weighted by Crippen LogP contribution is -2.13. The Hall–Kier alpha value is -0.620. The van der Waals surface area contributed by atoms with Crippen molar-refractivity contribution in [3.8, 4) is 0 Å². The van der Waals surface area contributed by atoms with Crippen LogP contribution in [-0.4, -0.2) is 26.2 Å². The summed E-state index contributed by atoms with van der Waals surface area (Å²) in [6, 6.07) is 0. The van der Waals surface area contributed by atoms with Crippen LogP contribution in [0.4, 0.5) is 0 Å². The smallest absolute Gasteiger partial charge is 0.303 e. The summed E-state index contributed by atoms with van der Waals surface area (Å²) in [7, 11) is 0. The molecule has 1 fully saturated rings. The molecule has 18 heavy (non-hydrogen) atoms. The Kier molecular flexibility index (Phi) is 3.69. The van der Waals surface area contributed by atoms with Gasteiger partial charge < -0.3 is 5.11 Å². The molecule has 1 aliphatic carbocycles. The summed E-state index contributed by atoms with van der Waals surface area (Å²) >= 11 is 3.07. The average Bonchev–Trinajstić information content (AvgIpc) is 2.80. The molecule has 0 atom stereocenters. The lowest BCUT2D eigenvalue weighted by Gasteiger charge is -2.12. The average molecular weight is 286 g/mol. The first-order valence-corrected chi connectivity index (χ1v) is 7.75. The van der Waals surface area contributed by atoms with Crippen molar-refractivity contribution in [1.82, 2.24) is 9.36 Å². The monoisotopic (exact) mass is 286 g/mol. The quantitative estimate of drug-likeness (QED) is 0.842. The second kappa shape index (κ2) is 4.81. The van der Waals surface area contributed by atoms with Crippen molar-refractivity contribution in [1.29, 1.82) is 0 Å². The number of hydrogen-bond acceptors (Lipinski definition) is 5. The van der Waals surface area contributed by atoms with E-state index in [0.717, 1.165) is 28.8 Å². The Bertz CT molecular complexity index is 447. The lowest BCUT2D eigenvalue weighted by atomic mass is 9.96. The SMILES string of the molecule is CC(C)(C)c1nsc(SCC2(CC(=O)O)CC2)n1. The second-order valence-electron chi connectivity index (χ2n) is 5.99. The third-order valence-corrected chi connectivity index (χ3v) is 5.25. The molecule has 100 valence electrons. The molecule has 0 radical (unpaired) electrons. The van der Waals surface area contributed by atoms with E-state index in [1.54, 1.807) is 11.8 Å². The topological polar surface area (TPSA) is 63.1 Å². The molecule has 1 N–H and O–H groups in total. The molecule has 1 aromatic rings. The van der Waals surface area contributed by atoms with Gasteiger partial charge in [-0.05, 0) is 29.8 Å². The highest BCUT2D eigenvalue weighted by Gasteiger charge is 2.44. The number of hydrogen-bond donors (Lipinski definition) is 1. The maximum absolute atomic E-state index is 10.8. The molecule has 0 spiro atoms. The van der Waals surface area contributed by atoms with Crippen molar-refractivity contribution in [2.45, 2.75) is 49.8 Å². The van der Waals surface area contributed by atoms with Gasteiger partial charge in [0, 0.05) is 11.2 Å². The van der Waals surface area contributed by atoms with Crippen LogP contribution in [0.15, 0.2) is 4.34 Å². The van der Waals surface area contributed by atoms with E-state index < -0.39 is 5.97 Å². The van der Waals surface area contributed by atoms with Crippen LogP contribution in [0.25, 0.3) is 0 Å². The molecule has 4 nitrogen and oxygen atoms in total. The number of carboxylic acids is 1. The van der Waals surface area contributed by atoms with E-state index in [9.17, 15) is 4.79 Å². The molecule has 1 aliphatic rings. The first-order chi connectivity index (χ1) is 8.31. The highest BCUT2D eigenvalue weighted by atomic mass is 32.2. The number of aliphatic carboxylic acids is 1. The predicted molar refractivity (Wildman–Crippen MR) is 73.3 cm³/mol. The van der Waals surface area contributed by atoms with Gasteiger partial charge in [0.25, 0.3) is 0 Å². The summed E-state index contributed by atoms with van der Waals surface area (Å²) in [5.41, 5.74) is -0.00227. The molecule has 0 unspecified atom stereocenters. The number of aromatic nitrogens is 2. The first-order valence-electron chi connectivity index (χ1n) is 6.00. The van der Waals surface area contributed by atoms with Crippen LogP contribution in [0.1, 0.15) is 45.9 Å². The van der Waals surface area contributed by atoms with Crippen LogP contribution >= 0.6 is 23.3 Å². The Morgan fingerprint density at radius 3 is 2.61 bits per heavy atom. The van der Waals surface area contributed by atoms with E-state index in [4.69, 9.17) is 5.11 Å². The van der Waals surface area contributed by atoms with Gasteiger partial charge >= 0.3 is 5.97 Å². The maximum Gasteiger partial charge on any atom is 0.303 e. The molecule has 0 aromatic carbocycles. The number of rotatable bonds is 5. The van der Waals surface area contributed by atoms with E-state index in [2.05, 4.69) is 30.1 Å². The summed E-state index contributed by atoms with van der Waals surface area (Å²) in [6.45, 7) is 6.28. The first kappa shape index (κ1) is 13.8. The van der Waals surface area contributed by atoms with Crippen LogP contribution in [0, 0.1) is 5.41 Å². The van der Waals surface area contributed by atoms with Crippen molar-refractivity contribution >= 4 is 29.3 Å². The minimum absolute atomic E-state index is 0.0179. The van der Waals surface area contributed by atoms with E-state index in [-0.39, 0.29) is 17.3 Å². The molecule has 0 saturated heterocycles. The lowest BCUT2D eigenvalue weighted by molar-refractivity contribution is -0.138. The molecule has 0 bridgehead atoms. The summed E-state index contributed by atoms with van der Waals surface area (Å²) in [4.78, 5) is 15.3. The highest BCUT2D eigenvalue weighted by molar-refractivity contribution is 8.00. The Morgan fingerprint density at radius 2 is 2.17 bits per heavy atom. The Balaban J connectivity index is 1.91. The number of thioether (sulfide) groups is 1. The molecule has 0 aliphatic heterocycles. The summed E-state index contributed by atoms with van der Waals surface area (Å²) in [5, 5.41) is 8.86. The molecular weight excluding hydrogens is 268 g/mol. The standard InChI is InChI=1S/C12H18N2O2S2/c1-11(2,3)9-13-10(18-14-9)17-7-12(4-5-12)6-8(15)16/h4-7H2,1-3H3,(H,15,16). The van der Waals surface area contributed by atoms with Crippen molar-refractivity contribution in [3.63, 3.8) is 0 Å². The number of carboxylic acid groups (broad SMARTS) is 1. The van der Waals surface area contributed by atoms with E-state index in [1.807, 2.05) is 0 Å². The maximum atomic E-state index is 10.8.